The van der Waals surface area contributed by atoms with Crippen LogP contribution in [0.4, 0.5) is 5.95 Å². The second-order valence-electron chi connectivity index (χ2n) is 6.43. The van der Waals surface area contributed by atoms with Crippen LogP contribution in [0.25, 0.3) is 11.0 Å². The molecule has 0 radical (unpaired) electrons. The second kappa shape index (κ2) is 7.02. The fraction of sp³-hybridized carbons (Fsp3) is 0.316. The zero-order chi connectivity index (χ0) is 17.9. The highest BCUT2D eigenvalue weighted by molar-refractivity contribution is 6.03. The summed E-state index contributed by atoms with van der Waals surface area (Å²) in [6, 6.07) is 11.7. The number of nitrogens with zero attached hydrogens (tertiary/aromatic N) is 4. The molecular weight excluding hydrogens is 330 g/mol. The predicted octanol–water partition coefficient (Wildman–Crippen LogP) is 2.72. The molecule has 0 bridgehead atoms. The maximum Gasteiger partial charge on any atom is 0.268 e. The van der Waals surface area contributed by atoms with Crippen LogP contribution in [0.5, 0.6) is 0 Å². The van der Waals surface area contributed by atoms with Crippen molar-refractivity contribution in [1.82, 2.24) is 14.5 Å². The number of hydrogen-bond acceptors (Lipinski definition) is 6. The molecule has 0 atom stereocenters. The minimum absolute atomic E-state index is 0.170. The molecule has 1 fully saturated rings. The predicted molar refractivity (Wildman–Crippen MR) is 96.9 cm³/mol. The van der Waals surface area contributed by atoms with Crippen molar-refractivity contribution in [2.45, 2.75) is 18.9 Å². The van der Waals surface area contributed by atoms with Crippen LogP contribution in [0.2, 0.25) is 0 Å². The van der Waals surface area contributed by atoms with Crippen molar-refractivity contribution < 1.29 is 9.21 Å². The van der Waals surface area contributed by atoms with E-state index in [1.54, 1.807) is 10.6 Å². The van der Waals surface area contributed by atoms with Gasteiger partial charge in [0.1, 0.15) is 6.26 Å². The van der Waals surface area contributed by atoms with Crippen LogP contribution in [-0.2, 0) is 0 Å². The summed E-state index contributed by atoms with van der Waals surface area (Å²) in [5.41, 5.74) is 2.02. The lowest BCUT2D eigenvalue weighted by Crippen LogP contribution is -2.39. The Balaban J connectivity index is 1.62. The van der Waals surface area contributed by atoms with Gasteiger partial charge in [-0.3, -0.25) is 9.69 Å². The van der Waals surface area contributed by atoms with E-state index in [1.165, 1.54) is 12.5 Å². The lowest BCUT2D eigenvalue weighted by atomic mass is 10.1. The molecule has 7 nitrogen and oxygen atoms in total. The van der Waals surface area contributed by atoms with Crippen LogP contribution in [0, 0.1) is 11.3 Å². The van der Waals surface area contributed by atoms with E-state index in [2.05, 4.69) is 21.3 Å². The molecule has 1 aromatic carbocycles. The van der Waals surface area contributed by atoms with Gasteiger partial charge >= 0.3 is 0 Å². The van der Waals surface area contributed by atoms with Crippen molar-refractivity contribution in [3.63, 3.8) is 0 Å². The van der Waals surface area contributed by atoms with Gasteiger partial charge in [-0.25, -0.2) is 9.55 Å². The number of piperidine rings is 1. The number of rotatable bonds is 4. The van der Waals surface area contributed by atoms with Crippen LogP contribution < -0.4 is 5.32 Å². The van der Waals surface area contributed by atoms with Gasteiger partial charge in [0.25, 0.3) is 5.91 Å². The Morgan fingerprint density at radius 1 is 1.31 bits per heavy atom. The summed E-state index contributed by atoms with van der Waals surface area (Å²) >= 11 is 0. The van der Waals surface area contributed by atoms with Gasteiger partial charge in [-0.2, -0.15) is 5.26 Å². The van der Waals surface area contributed by atoms with E-state index in [4.69, 9.17) is 9.68 Å². The van der Waals surface area contributed by atoms with Crippen LogP contribution in [-0.4, -0.2) is 46.0 Å². The summed E-state index contributed by atoms with van der Waals surface area (Å²) in [6.45, 7) is 2.19. The number of imidazole rings is 1. The first-order valence-electron chi connectivity index (χ1n) is 8.66. The summed E-state index contributed by atoms with van der Waals surface area (Å²) in [5.74, 6) is 0.382. The summed E-state index contributed by atoms with van der Waals surface area (Å²) in [6.07, 6.45) is 4.75. The molecule has 1 aliphatic heterocycles. The maximum absolute atomic E-state index is 13.0. The van der Waals surface area contributed by atoms with Crippen LogP contribution in [0.1, 0.15) is 23.2 Å². The Morgan fingerprint density at radius 3 is 2.85 bits per heavy atom. The lowest BCUT2D eigenvalue weighted by Gasteiger charge is -2.30. The number of aromatic nitrogens is 2. The summed E-state index contributed by atoms with van der Waals surface area (Å²) < 4.78 is 6.68. The topological polar surface area (TPSA) is 87.1 Å². The molecular formula is C19H19N5O2. The Labute approximate surface area is 150 Å². The fourth-order valence-corrected chi connectivity index (χ4v) is 3.36. The number of hydrogen-bond donors (Lipinski definition) is 1. The number of benzene rings is 1. The van der Waals surface area contributed by atoms with E-state index in [9.17, 15) is 4.79 Å². The van der Waals surface area contributed by atoms with Crippen molar-refractivity contribution in [2.24, 2.45) is 0 Å². The molecule has 3 aromatic rings. The number of carbonyl (C=O) groups is 1. The Hall–Kier alpha value is -3.11. The van der Waals surface area contributed by atoms with Gasteiger partial charge in [-0.1, -0.05) is 12.1 Å². The van der Waals surface area contributed by atoms with Gasteiger partial charge in [-0.05, 0) is 31.0 Å². The van der Waals surface area contributed by atoms with Crippen molar-refractivity contribution in [3.8, 4) is 6.07 Å². The number of furan rings is 1. The molecule has 2 aromatic heterocycles. The van der Waals surface area contributed by atoms with E-state index in [0.717, 1.165) is 37.0 Å². The van der Waals surface area contributed by atoms with Crippen molar-refractivity contribution >= 4 is 22.9 Å². The monoisotopic (exact) mass is 349 g/mol. The fourth-order valence-electron chi connectivity index (χ4n) is 3.36. The van der Waals surface area contributed by atoms with Gasteiger partial charge in [0.2, 0.25) is 5.95 Å². The van der Waals surface area contributed by atoms with Crippen molar-refractivity contribution in [2.75, 3.05) is 25.0 Å². The quantitative estimate of drug-likeness (QED) is 0.729. The Bertz CT molecular complexity index is 946. The molecule has 3 heterocycles. The van der Waals surface area contributed by atoms with E-state index < -0.39 is 0 Å². The molecule has 0 spiro atoms. The number of anilines is 1. The average molecular weight is 349 g/mol. The summed E-state index contributed by atoms with van der Waals surface area (Å²) in [7, 11) is 0. The van der Waals surface area contributed by atoms with E-state index in [-0.39, 0.29) is 11.9 Å². The minimum atomic E-state index is -0.170. The van der Waals surface area contributed by atoms with Gasteiger partial charge in [0.15, 0.2) is 0 Å². The number of fused-ring (bicyclic) bond motifs is 1. The highest BCUT2D eigenvalue weighted by Crippen LogP contribution is 2.24. The molecule has 0 aliphatic carbocycles. The molecule has 7 heteroatoms. The number of nitriles is 1. The van der Waals surface area contributed by atoms with Gasteiger partial charge < -0.3 is 9.73 Å². The molecule has 1 N–H and O–H groups in total. The number of nitrogens with one attached hydrogen (secondary N) is 1. The van der Waals surface area contributed by atoms with Crippen molar-refractivity contribution in [3.05, 3.63) is 48.4 Å². The zero-order valence-corrected chi connectivity index (χ0v) is 14.3. The smallest absolute Gasteiger partial charge is 0.268 e. The Kier molecular flexibility index (Phi) is 4.42. The van der Waals surface area contributed by atoms with E-state index >= 15 is 0 Å². The molecule has 1 saturated heterocycles. The first kappa shape index (κ1) is 16.4. The molecule has 132 valence electrons. The third-order valence-corrected chi connectivity index (χ3v) is 4.75. The molecule has 0 unspecified atom stereocenters. The second-order valence-corrected chi connectivity index (χ2v) is 6.43. The molecule has 26 heavy (non-hydrogen) atoms. The summed E-state index contributed by atoms with van der Waals surface area (Å²) in [5, 5.41) is 12.3. The molecule has 0 saturated carbocycles. The SMILES string of the molecule is N#CCN1CCC(Nc2nc3ccccc3n2C(=O)c2ccoc2)CC1. The first-order chi connectivity index (χ1) is 12.8. The summed E-state index contributed by atoms with van der Waals surface area (Å²) in [4.78, 5) is 19.7. The van der Waals surface area contributed by atoms with Crippen LogP contribution in [0.15, 0.2) is 47.3 Å². The third kappa shape index (κ3) is 3.07. The number of likely N-dealkylation sites (tertiary alicyclic amines) is 1. The highest BCUT2D eigenvalue weighted by Gasteiger charge is 2.24. The number of carbonyl (C=O) groups excluding carboxylic acids is 1. The van der Waals surface area contributed by atoms with Crippen LogP contribution in [0.3, 0.4) is 0 Å². The highest BCUT2D eigenvalue weighted by atomic mass is 16.3. The Morgan fingerprint density at radius 2 is 2.12 bits per heavy atom. The lowest BCUT2D eigenvalue weighted by molar-refractivity contribution is 0.0965. The standard InChI is InChI=1S/C19H19N5O2/c20-8-11-23-9-5-15(6-10-23)21-19-22-16-3-1-2-4-17(16)24(19)18(25)14-7-12-26-13-14/h1-4,7,12-13,15H,5-6,9-11H2,(H,21,22). The van der Waals surface area contributed by atoms with Gasteiger partial charge in [0, 0.05) is 19.1 Å². The number of para-hydroxylation sites is 2. The zero-order valence-electron chi connectivity index (χ0n) is 14.3. The third-order valence-electron chi connectivity index (χ3n) is 4.75. The largest absolute Gasteiger partial charge is 0.472 e. The van der Waals surface area contributed by atoms with E-state index in [0.29, 0.717) is 18.1 Å². The van der Waals surface area contributed by atoms with Gasteiger partial charge in [-0.15, -0.1) is 0 Å². The average Bonchev–Trinajstić information content (AvgIpc) is 3.31. The van der Waals surface area contributed by atoms with Crippen molar-refractivity contribution in [1.29, 1.82) is 5.26 Å². The van der Waals surface area contributed by atoms with E-state index in [1.807, 2.05) is 24.3 Å². The first-order valence-corrected chi connectivity index (χ1v) is 8.66. The minimum Gasteiger partial charge on any atom is -0.472 e. The molecule has 1 aliphatic rings. The maximum atomic E-state index is 13.0. The normalized spacial score (nSPS) is 15.8. The van der Waals surface area contributed by atoms with Gasteiger partial charge in [0.05, 0.1) is 35.5 Å². The van der Waals surface area contributed by atoms with Crippen LogP contribution >= 0.6 is 0 Å². The molecule has 0 amide bonds. The molecule has 4 rings (SSSR count).